The Labute approximate surface area is 113 Å². The van der Waals surface area contributed by atoms with Gasteiger partial charge in [0.15, 0.2) is 0 Å². The molecule has 0 saturated heterocycles. The van der Waals surface area contributed by atoms with Gasteiger partial charge in [0.2, 0.25) is 5.91 Å². The van der Waals surface area contributed by atoms with Crippen molar-refractivity contribution in [3.8, 4) is 0 Å². The molecule has 0 aromatic carbocycles. The zero-order valence-corrected chi connectivity index (χ0v) is 11.6. The second-order valence-corrected chi connectivity index (χ2v) is 5.09. The van der Waals surface area contributed by atoms with E-state index in [0.29, 0.717) is 26.2 Å². The fourth-order valence-electron chi connectivity index (χ4n) is 1.66. The lowest BCUT2D eigenvalue weighted by Crippen LogP contribution is -2.45. The number of rotatable bonds is 10. The van der Waals surface area contributed by atoms with Crippen LogP contribution in [0.25, 0.3) is 0 Å². The molecule has 0 bridgehead atoms. The molecule has 0 aromatic heterocycles. The average molecular weight is 273 g/mol. The third-order valence-corrected chi connectivity index (χ3v) is 3.28. The monoisotopic (exact) mass is 273 g/mol. The highest BCUT2D eigenvalue weighted by molar-refractivity contribution is 6.01. The first kappa shape index (κ1) is 15.9. The maximum absolute atomic E-state index is 12.0. The van der Waals surface area contributed by atoms with Crippen LogP contribution in [0.4, 0.5) is 0 Å². The van der Waals surface area contributed by atoms with Crippen LogP contribution in [-0.4, -0.2) is 50.0 Å². The van der Waals surface area contributed by atoms with Crippen molar-refractivity contribution in [3.63, 3.8) is 0 Å². The number of amides is 1. The van der Waals surface area contributed by atoms with E-state index in [4.69, 9.17) is 9.47 Å². The minimum absolute atomic E-state index is 0.170. The molecule has 0 radical (unpaired) electrons. The SMILES string of the molecule is COCCOCCCC(C)(C(=O)O)C(=O)NC1CC1. The molecule has 1 amide bonds. The standard InChI is InChI=1S/C13H23NO5/c1-13(12(16)17,11(15)14-10-4-5-10)6-3-7-19-9-8-18-2/h10H,3-9H2,1-2H3,(H,14,15)(H,16,17). The van der Waals surface area contributed by atoms with Gasteiger partial charge in [-0.15, -0.1) is 0 Å². The number of aliphatic carboxylic acids is 1. The van der Waals surface area contributed by atoms with Crippen LogP contribution >= 0.6 is 0 Å². The molecular formula is C13H23NO5. The Bertz CT molecular complexity index is 316. The molecule has 6 nitrogen and oxygen atoms in total. The Hall–Kier alpha value is -1.14. The Balaban J connectivity index is 2.33. The van der Waals surface area contributed by atoms with Crippen LogP contribution in [0.15, 0.2) is 0 Å². The Morgan fingerprint density at radius 2 is 2.00 bits per heavy atom. The van der Waals surface area contributed by atoms with Crippen molar-refractivity contribution >= 4 is 11.9 Å². The normalized spacial score (nSPS) is 17.8. The second-order valence-electron chi connectivity index (χ2n) is 5.09. The fraction of sp³-hybridized carbons (Fsp3) is 0.846. The lowest BCUT2D eigenvalue weighted by Gasteiger charge is -2.23. The van der Waals surface area contributed by atoms with E-state index >= 15 is 0 Å². The smallest absolute Gasteiger partial charge is 0.318 e. The number of ether oxygens (including phenoxy) is 2. The van der Waals surface area contributed by atoms with E-state index in [1.165, 1.54) is 6.92 Å². The van der Waals surface area contributed by atoms with Gasteiger partial charge in [0.25, 0.3) is 0 Å². The summed E-state index contributed by atoms with van der Waals surface area (Å²) in [7, 11) is 1.59. The van der Waals surface area contributed by atoms with Crippen molar-refractivity contribution in [1.29, 1.82) is 0 Å². The number of carbonyl (C=O) groups excluding carboxylic acids is 1. The molecule has 1 saturated carbocycles. The molecule has 0 heterocycles. The summed E-state index contributed by atoms with van der Waals surface area (Å²) in [4.78, 5) is 23.3. The Morgan fingerprint density at radius 3 is 2.53 bits per heavy atom. The quantitative estimate of drug-likeness (QED) is 0.454. The van der Waals surface area contributed by atoms with Crippen LogP contribution in [-0.2, 0) is 19.1 Å². The van der Waals surface area contributed by atoms with E-state index in [-0.39, 0.29) is 18.4 Å². The van der Waals surface area contributed by atoms with Gasteiger partial charge in [0, 0.05) is 19.8 Å². The van der Waals surface area contributed by atoms with Crippen LogP contribution in [0, 0.1) is 5.41 Å². The number of hydrogen-bond acceptors (Lipinski definition) is 4. The van der Waals surface area contributed by atoms with Gasteiger partial charge < -0.3 is 19.9 Å². The minimum Gasteiger partial charge on any atom is -0.480 e. The van der Waals surface area contributed by atoms with Gasteiger partial charge in [-0.25, -0.2) is 0 Å². The molecule has 1 aliphatic carbocycles. The zero-order valence-electron chi connectivity index (χ0n) is 11.6. The first-order valence-corrected chi connectivity index (χ1v) is 6.61. The zero-order chi connectivity index (χ0) is 14.3. The van der Waals surface area contributed by atoms with Crippen LogP contribution in [0.5, 0.6) is 0 Å². The summed E-state index contributed by atoms with van der Waals surface area (Å²) >= 11 is 0. The van der Waals surface area contributed by atoms with E-state index < -0.39 is 11.4 Å². The van der Waals surface area contributed by atoms with Crippen molar-refractivity contribution in [2.24, 2.45) is 5.41 Å². The van der Waals surface area contributed by atoms with Gasteiger partial charge in [-0.1, -0.05) is 0 Å². The number of carbonyl (C=O) groups is 2. The topological polar surface area (TPSA) is 84.9 Å². The van der Waals surface area contributed by atoms with Crippen molar-refractivity contribution in [3.05, 3.63) is 0 Å². The maximum Gasteiger partial charge on any atom is 0.318 e. The van der Waals surface area contributed by atoms with Gasteiger partial charge in [-0.2, -0.15) is 0 Å². The minimum atomic E-state index is -1.37. The molecule has 19 heavy (non-hydrogen) atoms. The largest absolute Gasteiger partial charge is 0.480 e. The summed E-state index contributed by atoms with van der Waals surface area (Å²) in [5.41, 5.74) is -1.37. The third-order valence-electron chi connectivity index (χ3n) is 3.28. The van der Waals surface area contributed by atoms with Crippen LogP contribution < -0.4 is 5.32 Å². The van der Waals surface area contributed by atoms with E-state index in [2.05, 4.69) is 5.32 Å². The van der Waals surface area contributed by atoms with E-state index in [1.807, 2.05) is 0 Å². The van der Waals surface area contributed by atoms with Gasteiger partial charge in [-0.3, -0.25) is 9.59 Å². The molecule has 0 aliphatic heterocycles. The van der Waals surface area contributed by atoms with Crippen molar-refractivity contribution in [1.82, 2.24) is 5.32 Å². The molecule has 0 aromatic rings. The lowest BCUT2D eigenvalue weighted by molar-refractivity contribution is -0.155. The predicted molar refractivity (Wildman–Crippen MR) is 68.8 cm³/mol. The van der Waals surface area contributed by atoms with E-state index in [0.717, 1.165) is 12.8 Å². The van der Waals surface area contributed by atoms with Crippen LogP contribution in [0.3, 0.4) is 0 Å². The summed E-state index contributed by atoms with van der Waals surface area (Å²) < 4.78 is 10.1. The van der Waals surface area contributed by atoms with E-state index in [9.17, 15) is 14.7 Å². The van der Waals surface area contributed by atoms with Gasteiger partial charge in [0.05, 0.1) is 13.2 Å². The summed E-state index contributed by atoms with van der Waals surface area (Å²) in [5, 5.41) is 12.0. The van der Waals surface area contributed by atoms with Gasteiger partial charge >= 0.3 is 5.97 Å². The number of methoxy groups -OCH3 is 1. The maximum atomic E-state index is 12.0. The Kier molecular flexibility index (Phi) is 6.24. The molecular weight excluding hydrogens is 250 g/mol. The van der Waals surface area contributed by atoms with Crippen molar-refractivity contribution < 1.29 is 24.2 Å². The highest BCUT2D eigenvalue weighted by atomic mass is 16.5. The summed E-state index contributed by atoms with van der Waals surface area (Å²) in [6.07, 6.45) is 2.70. The van der Waals surface area contributed by atoms with Crippen molar-refractivity contribution in [2.45, 2.75) is 38.6 Å². The highest BCUT2D eigenvalue weighted by Crippen LogP contribution is 2.27. The first-order valence-electron chi connectivity index (χ1n) is 6.61. The van der Waals surface area contributed by atoms with Gasteiger partial charge in [0.1, 0.15) is 5.41 Å². The summed E-state index contributed by atoms with van der Waals surface area (Å²) in [5.74, 6) is -1.47. The predicted octanol–water partition coefficient (Wildman–Crippen LogP) is 0.799. The highest BCUT2D eigenvalue weighted by Gasteiger charge is 2.42. The average Bonchev–Trinajstić information content (AvgIpc) is 3.16. The summed E-state index contributed by atoms with van der Waals surface area (Å²) in [6.45, 7) is 2.90. The number of carboxylic acids is 1. The lowest BCUT2D eigenvalue weighted by atomic mass is 9.84. The van der Waals surface area contributed by atoms with Gasteiger partial charge in [-0.05, 0) is 32.6 Å². The molecule has 2 N–H and O–H groups in total. The molecule has 6 heteroatoms. The van der Waals surface area contributed by atoms with E-state index in [1.54, 1.807) is 7.11 Å². The number of carboxylic acid groups (broad SMARTS) is 1. The fourth-order valence-corrected chi connectivity index (χ4v) is 1.66. The molecule has 1 unspecified atom stereocenters. The number of nitrogens with one attached hydrogen (secondary N) is 1. The third kappa shape index (κ3) is 5.16. The molecule has 1 atom stereocenters. The summed E-state index contributed by atoms with van der Waals surface area (Å²) in [6, 6.07) is 0.170. The molecule has 0 spiro atoms. The Morgan fingerprint density at radius 1 is 1.32 bits per heavy atom. The molecule has 1 aliphatic rings. The molecule has 110 valence electrons. The number of hydrogen-bond donors (Lipinski definition) is 2. The molecule has 1 fully saturated rings. The van der Waals surface area contributed by atoms with Crippen molar-refractivity contribution in [2.75, 3.05) is 26.9 Å². The molecule has 1 rings (SSSR count). The van der Waals surface area contributed by atoms with Crippen LogP contribution in [0.1, 0.15) is 32.6 Å². The van der Waals surface area contributed by atoms with Crippen LogP contribution in [0.2, 0.25) is 0 Å². The first-order chi connectivity index (χ1) is 9.00. The second kappa shape index (κ2) is 7.45.